The molecule has 0 saturated carbocycles. The van der Waals surface area contributed by atoms with E-state index in [0.29, 0.717) is 5.25 Å². The molecule has 1 aliphatic heterocycles. The van der Waals surface area contributed by atoms with Crippen molar-refractivity contribution in [3.05, 3.63) is 29.8 Å². The summed E-state index contributed by atoms with van der Waals surface area (Å²) in [5.41, 5.74) is 0.804. The van der Waals surface area contributed by atoms with E-state index in [1.807, 2.05) is 24.3 Å². The first-order valence-electron chi connectivity index (χ1n) is 8.82. The first-order chi connectivity index (χ1) is 11.1. The Bertz CT molecular complexity index is 496. The van der Waals surface area contributed by atoms with E-state index in [1.165, 1.54) is 25.9 Å². The SMILES string of the molecule is CC1CCN(CCCNC(=O)c2ccccc2SC(C)C)CC1. The number of carbonyl (C=O) groups excluding carboxylic acids is 1. The lowest BCUT2D eigenvalue weighted by molar-refractivity contribution is 0.0947. The fourth-order valence-electron chi connectivity index (χ4n) is 2.90. The summed E-state index contributed by atoms with van der Waals surface area (Å²) < 4.78 is 0. The van der Waals surface area contributed by atoms with Gasteiger partial charge in [0.25, 0.3) is 5.91 Å². The van der Waals surface area contributed by atoms with Gasteiger partial charge in [0.05, 0.1) is 5.56 Å². The third-order valence-electron chi connectivity index (χ3n) is 4.31. The summed E-state index contributed by atoms with van der Waals surface area (Å²) in [6.07, 6.45) is 3.65. The number of thioether (sulfide) groups is 1. The molecular formula is C19H30N2OS. The lowest BCUT2D eigenvalue weighted by Crippen LogP contribution is -2.35. The van der Waals surface area contributed by atoms with Crippen LogP contribution in [0.5, 0.6) is 0 Å². The zero-order valence-corrected chi connectivity index (χ0v) is 15.5. The Morgan fingerprint density at radius 1 is 1.30 bits per heavy atom. The van der Waals surface area contributed by atoms with Gasteiger partial charge in [0.1, 0.15) is 0 Å². The number of hydrogen-bond donors (Lipinski definition) is 1. The molecule has 1 heterocycles. The van der Waals surface area contributed by atoms with Gasteiger partial charge in [0, 0.05) is 16.7 Å². The standard InChI is InChI=1S/C19H30N2OS/c1-15(2)23-18-8-5-4-7-17(18)19(22)20-11-6-12-21-13-9-16(3)10-14-21/h4-5,7-8,15-16H,6,9-14H2,1-3H3,(H,20,22). The number of nitrogens with zero attached hydrogens (tertiary/aromatic N) is 1. The van der Waals surface area contributed by atoms with Crippen molar-refractivity contribution in [1.29, 1.82) is 0 Å². The highest BCUT2D eigenvalue weighted by Crippen LogP contribution is 2.26. The fraction of sp³-hybridized carbons (Fsp3) is 0.632. The minimum absolute atomic E-state index is 0.0565. The molecule has 1 aliphatic rings. The van der Waals surface area contributed by atoms with Crippen molar-refractivity contribution in [2.24, 2.45) is 5.92 Å². The Labute approximate surface area is 145 Å². The Hall–Kier alpha value is -1.00. The second-order valence-electron chi connectivity index (χ2n) is 6.80. The van der Waals surface area contributed by atoms with Crippen LogP contribution in [0.2, 0.25) is 0 Å². The predicted molar refractivity (Wildman–Crippen MR) is 99.2 cm³/mol. The second kappa shape index (κ2) is 9.33. The van der Waals surface area contributed by atoms with Crippen molar-refractivity contribution in [2.75, 3.05) is 26.2 Å². The number of amides is 1. The maximum absolute atomic E-state index is 12.4. The zero-order valence-electron chi connectivity index (χ0n) is 14.7. The van der Waals surface area contributed by atoms with Gasteiger partial charge < -0.3 is 10.2 Å². The van der Waals surface area contributed by atoms with Gasteiger partial charge in [-0.2, -0.15) is 0 Å². The van der Waals surface area contributed by atoms with Crippen molar-refractivity contribution in [2.45, 2.75) is 50.2 Å². The van der Waals surface area contributed by atoms with Crippen molar-refractivity contribution in [3.63, 3.8) is 0 Å². The van der Waals surface area contributed by atoms with Crippen LogP contribution in [0.1, 0.15) is 50.4 Å². The van der Waals surface area contributed by atoms with Crippen molar-refractivity contribution < 1.29 is 4.79 Å². The molecule has 2 rings (SSSR count). The number of carbonyl (C=O) groups is 1. The fourth-order valence-corrected chi connectivity index (χ4v) is 3.85. The van der Waals surface area contributed by atoms with Gasteiger partial charge in [-0.05, 0) is 56.9 Å². The van der Waals surface area contributed by atoms with Crippen LogP contribution in [0.4, 0.5) is 0 Å². The van der Waals surface area contributed by atoms with E-state index in [0.717, 1.165) is 35.9 Å². The molecule has 1 fully saturated rings. The van der Waals surface area contributed by atoms with Gasteiger partial charge in [-0.1, -0.05) is 32.9 Å². The Kier molecular flexibility index (Phi) is 7.44. The highest BCUT2D eigenvalue weighted by atomic mass is 32.2. The molecule has 0 radical (unpaired) electrons. The van der Waals surface area contributed by atoms with Crippen molar-refractivity contribution in [3.8, 4) is 0 Å². The molecule has 1 N–H and O–H groups in total. The van der Waals surface area contributed by atoms with Gasteiger partial charge in [0.2, 0.25) is 0 Å². The van der Waals surface area contributed by atoms with Crippen molar-refractivity contribution in [1.82, 2.24) is 10.2 Å². The van der Waals surface area contributed by atoms with Crippen LogP contribution >= 0.6 is 11.8 Å². The molecule has 3 nitrogen and oxygen atoms in total. The lowest BCUT2D eigenvalue weighted by atomic mass is 9.99. The first-order valence-corrected chi connectivity index (χ1v) is 9.70. The van der Waals surface area contributed by atoms with Crippen LogP contribution < -0.4 is 5.32 Å². The average Bonchev–Trinajstić information content (AvgIpc) is 2.53. The van der Waals surface area contributed by atoms with E-state index in [1.54, 1.807) is 11.8 Å². The third kappa shape index (κ3) is 6.19. The van der Waals surface area contributed by atoms with Gasteiger partial charge in [0.15, 0.2) is 0 Å². The highest BCUT2D eigenvalue weighted by Gasteiger charge is 2.15. The maximum Gasteiger partial charge on any atom is 0.252 e. The van der Waals surface area contributed by atoms with Gasteiger partial charge in [-0.3, -0.25) is 4.79 Å². The van der Waals surface area contributed by atoms with Gasteiger partial charge in [-0.15, -0.1) is 11.8 Å². The number of nitrogens with one attached hydrogen (secondary N) is 1. The number of likely N-dealkylation sites (tertiary alicyclic amines) is 1. The molecule has 0 aliphatic carbocycles. The second-order valence-corrected chi connectivity index (χ2v) is 8.41. The third-order valence-corrected chi connectivity index (χ3v) is 5.39. The normalized spacial score (nSPS) is 16.7. The Balaban J connectivity index is 1.74. The average molecular weight is 335 g/mol. The molecule has 0 unspecified atom stereocenters. The van der Waals surface area contributed by atoms with Crippen LogP contribution in [-0.4, -0.2) is 42.2 Å². The predicted octanol–water partition coefficient (Wildman–Crippen LogP) is 4.04. The molecule has 1 amide bonds. The highest BCUT2D eigenvalue weighted by molar-refractivity contribution is 8.00. The van der Waals surface area contributed by atoms with E-state index in [2.05, 4.69) is 31.0 Å². The Morgan fingerprint density at radius 3 is 2.70 bits per heavy atom. The number of benzene rings is 1. The molecule has 0 aromatic heterocycles. The molecule has 0 atom stereocenters. The summed E-state index contributed by atoms with van der Waals surface area (Å²) in [5.74, 6) is 0.932. The molecule has 0 bridgehead atoms. The van der Waals surface area contributed by atoms with E-state index in [-0.39, 0.29) is 5.91 Å². The van der Waals surface area contributed by atoms with Crippen LogP contribution in [0, 0.1) is 5.92 Å². The molecule has 4 heteroatoms. The summed E-state index contributed by atoms with van der Waals surface area (Å²) in [6.45, 7) is 10.9. The smallest absolute Gasteiger partial charge is 0.252 e. The molecule has 128 valence electrons. The van der Waals surface area contributed by atoms with Crippen LogP contribution in [0.25, 0.3) is 0 Å². The lowest BCUT2D eigenvalue weighted by Gasteiger charge is -2.30. The monoisotopic (exact) mass is 334 g/mol. The minimum Gasteiger partial charge on any atom is -0.352 e. The molecule has 1 saturated heterocycles. The first kappa shape index (κ1) is 18.3. The summed E-state index contributed by atoms with van der Waals surface area (Å²) >= 11 is 1.75. The molecule has 0 spiro atoms. The largest absolute Gasteiger partial charge is 0.352 e. The summed E-state index contributed by atoms with van der Waals surface area (Å²) in [6, 6.07) is 7.90. The number of piperidine rings is 1. The van der Waals surface area contributed by atoms with Crippen LogP contribution in [-0.2, 0) is 0 Å². The zero-order chi connectivity index (χ0) is 16.7. The van der Waals surface area contributed by atoms with E-state index in [4.69, 9.17) is 0 Å². The molecular weight excluding hydrogens is 304 g/mol. The topological polar surface area (TPSA) is 32.3 Å². The summed E-state index contributed by atoms with van der Waals surface area (Å²) in [4.78, 5) is 16.0. The summed E-state index contributed by atoms with van der Waals surface area (Å²) in [5, 5.41) is 3.56. The molecule has 1 aromatic rings. The quantitative estimate of drug-likeness (QED) is 0.603. The molecule has 23 heavy (non-hydrogen) atoms. The van der Waals surface area contributed by atoms with Gasteiger partial charge >= 0.3 is 0 Å². The minimum atomic E-state index is 0.0565. The van der Waals surface area contributed by atoms with Crippen molar-refractivity contribution >= 4 is 17.7 Å². The van der Waals surface area contributed by atoms with Crippen LogP contribution in [0.15, 0.2) is 29.2 Å². The van der Waals surface area contributed by atoms with Gasteiger partial charge in [-0.25, -0.2) is 0 Å². The maximum atomic E-state index is 12.4. The molecule has 1 aromatic carbocycles. The summed E-state index contributed by atoms with van der Waals surface area (Å²) in [7, 11) is 0. The number of hydrogen-bond acceptors (Lipinski definition) is 3. The van der Waals surface area contributed by atoms with E-state index >= 15 is 0 Å². The van der Waals surface area contributed by atoms with E-state index in [9.17, 15) is 4.79 Å². The van der Waals surface area contributed by atoms with E-state index < -0.39 is 0 Å². The Morgan fingerprint density at radius 2 is 2.00 bits per heavy atom. The number of rotatable bonds is 7. The van der Waals surface area contributed by atoms with Crippen LogP contribution in [0.3, 0.4) is 0 Å².